The van der Waals surface area contributed by atoms with Gasteiger partial charge in [-0.25, -0.2) is 0 Å². The van der Waals surface area contributed by atoms with E-state index in [1.165, 1.54) is 0 Å². The maximum absolute atomic E-state index is 10.9. The molecule has 1 fully saturated rings. The molecule has 0 spiro atoms. The Morgan fingerprint density at radius 2 is 2.56 bits per heavy atom. The lowest BCUT2D eigenvalue weighted by molar-refractivity contribution is -0.121. The lowest BCUT2D eigenvalue weighted by atomic mass is 10.1. The minimum Gasteiger partial charge on any atom is -0.384 e. The molecular weight excluding hydrogens is 116 g/mol. The molecule has 1 aliphatic rings. The number of methoxy groups -OCH3 is 1. The average Bonchev–Trinajstić information content (AvgIpc) is 2.18. The van der Waals surface area contributed by atoms with Crippen LogP contribution in [0.25, 0.3) is 0 Å². The Bertz CT molecular complexity index is 109. The minimum atomic E-state index is 0.218. The largest absolute Gasteiger partial charge is 0.384 e. The van der Waals surface area contributed by atoms with Crippen molar-refractivity contribution in [3.05, 3.63) is 0 Å². The number of hydrogen-bond acceptors (Lipinski definition) is 2. The van der Waals surface area contributed by atoms with Crippen molar-refractivity contribution < 1.29 is 9.53 Å². The first kappa shape index (κ1) is 6.75. The summed E-state index contributed by atoms with van der Waals surface area (Å²) in [5.41, 5.74) is 0. The molecule has 0 bridgehead atoms. The molecule has 0 radical (unpaired) electrons. The molecule has 0 amide bonds. The van der Waals surface area contributed by atoms with Crippen LogP contribution >= 0.6 is 0 Å². The first-order chi connectivity index (χ1) is 4.34. The molecular formula is C7H12O2. The summed E-state index contributed by atoms with van der Waals surface area (Å²) in [7, 11) is 1.64. The molecule has 0 heterocycles. The van der Waals surface area contributed by atoms with Crippen LogP contribution in [0.3, 0.4) is 0 Å². The highest BCUT2D eigenvalue weighted by molar-refractivity contribution is 5.82. The third-order valence-electron chi connectivity index (χ3n) is 1.80. The quantitative estimate of drug-likeness (QED) is 0.554. The van der Waals surface area contributed by atoms with E-state index in [1.807, 2.05) is 0 Å². The van der Waals surface area contributed by atoms with Crippen LogP contribution in [-0.4, -0.2) is 19.5 Å². The molecule has 0 aromatic rings. The van der Waals surface area contributed by atoms with E-state index in [9.17, 15) is 4.79 Å². The van der Waals surface area contributed by atoms with Gasteiger partial charge in [0.15, 0.2) is 0 Å². The fourth-order valence-corrected chi connectivity index (χ4v) is 1.27. The zero-order chi connectivity index (χ0) is 6.69. The summed E-state index contributed by atoms with van der Waals surface area (Å²) in [6, 6.07) is 0. The Morgan fingerprint density at radius 1 is 1.78 bits per heavy atom. The van der Waals surface area contributed by atoms with Crippen molar-refractivity contribution in [3.8, 4) is 0 Å². The predicted molar refractivity (Wildman–Crippen MR) is 34.2 cm³/mol. The van der Waals surface area contributed by atoms with E-state index < -0.39 is 0 Å². The van der Waals surface area contributed by atoms with Crippen molar-refractivity contribution in [2.45, 2.75) is 19.3 Å². The topological polar surface area (TPSA) is 26.3 Å². The first-order valence-electron chi connectivity index (χ1n) is 3.36. The summed E-state index contributed by atoms with van der Waals surface area (Å²) in [5, 5.41) is 0. The van der Waals surface area contributed by atoms with Crippen molar-refractivity contribution in [2.75, 3.05) is 13.7 Å². The molecule has 1 rings (SSSR count). The van der Waals surface area contributed by atoms with Crippen molar-refractivity contribution in [1.82, 2.24) is 0 Å². The van der Waals surface area contributed by atoms with Crippen LogP contribution in [0.1, 0.15) is 19.3 Å². The van der Waals surface area contributed by atoms with Crippen molar-refractivity contribution >= 4 is 5.78 Å². The molecule has 0 aromatic heterocycles. The Hall–Kier alpha value is -0.370. The van der Waals surface area contributed by atoms with E-state index in [2.05, 4.69) is 0 Å². The molecule has 0 aliphatic heterocycles. The van der Waals surface area contributed by atoms with Gasteiger partial charge in [-0.3, -0.25) is 4.79 Å². The Balaban J connectivity index is 2.31. The van der Waals surface area contributed by atoms with Gasteiger partial charge in [-0.2, -0.15) is 0 Å². The number of Topliss-reactive ketones (excluding diaryl/α,β-unsaturated/α-hetero) is 1. The second-order valence-corrected chi connectivity index (χ2v) is 2.51. The number of hydrogen-bond donors (Lipinski definition) is 0. The van der Waals surface area contributed by atoms with Gasteiger partial charge in [-0.15, -0.1) is 0 Å². The highest BCUT2D eigenvalue weighted by Gasteiger charge is 2.23. The van der Waals surface area contributed by atoms with E-state index in [0.29, 0.717) is 12.4 Å². The van der Waals surface area contributed by atoms with Gasteiger partial charge in [0, 0.05) is 19.4 Å². The fraction of sp³-hybridized carbons (Fsp3) is 0.857. The molecule has 1 atom stereocenters. The molecule has 1 saturated carbocycles. The van der Waals surface area contributed by atoms with E-state index in [0.717, 1.165) is 19.3 Å². The molecule has 2 nitrogen and oxygen atoms in total. The Morgan fingerprint density at radius 3 is 3.00 bits per heavy atom. The van der Waals surface area contributed by atoms with Gasteiger partial charge in [-0.05, 0) is 12.8 Å². The van der Waals surface area contributed by atoms with Gasteiger partial charge in [0.25, 0.3) is 0 Å². The highest BCUT2D eigenvalue weighted by Crippen LogP contribution is 2.20. The molecule has 1 aliphatic carbocycles. The fourth-order valence-electron chi connectivity index (χ4n) is 1.27. The van der Waals surface area contributed by atoms with Crippen LogP contribution in [-0.2, 0) is 9.53 Å². The summed E-state index contributed by atoms with van der Waals surface area (Å²) in [6.45, 7) is 0.624. The average molecular weight is 128 g/mol. The van der Waals surface area contributed by atoms with Crippen LogP contribution < -0.4 is 0 Å². The van der Waals surface area contributed by atoms with E-state index in [4.69, 9.17) is 4.74 Å². The SMILES string of the molecule is COC[C@@H]1CCCC1=O. The van der Waals surface area contributed by atoms with E-state index in [-0.39, 0.29) is 5.92 Å². The maximum atomic E-state index is 10.9. The van der Waals surface area contributed by atoms with E-state index in [1.54, 1.807) is 7.11 Å². The van der Waals surface area contributed by atoms with Gasteiger partial charge >= 0.3 is 0 Å². The second-order valence-electron chi connectivity index (χ2n) is 2.51. The number of carbonyl (C=O) groups is 1. The van der Waals surface area contributed by atoms with Gasteiger partial charge in [0.2, 0.25) is 0 Å². The maximum Gasteiger partial charge on any atom is 0.138 e. The zero-order valence-corrected chi connectivity index (χ0v) is 5.72. The molecule has 2 heteroatoms. The molecule has 52 valence electrons. The summed E-state index contributed by atoms with van der Waals surface area (Å²) < 4.78 is 4.88. The molecule has 0 aromatic carbocycles. The lowest BCUT2D eigenvalue weighted by Gasteiger charge is -2.03. The molecule has 0 N–H and O–H groups in total. The van der Waals surface area contributed by atoms with Crippen LogP contribution in [0.5, 0.6) is 0 Å². The second kappa shape index (κ2) is 2.97. The molecule has 0 unspecified atom stereocenters. The third-order valence-corrected chi connectivity index (χ3v) is 1.80. The van der Waals surface area contributed by atoms with Crippen molar-refractivity contribution in [1.29, 1.82) is 0 Å². The Labute approximate surface area is 55.2 Å². The minimum absolute atomic E-state index is 0.218. The number of rotatable bonds is 2. The number of ether oxygens (including phenoxy) is 1. The summed E-state index contributed by atoms with van der Waals surface area (Å²) in [4.78, 5) is 10.9. The van der Waals surface area contributed by atoms with Gasteiger partial charge in [0.05, 0.1) is 6.61 Å². The molecule has 9 heavy (non-hydrogen) atoms. The van der Waals surface area contributed by atoms with Crippen LogP contribution in [0, 0.1) is 5.92 Å². The Kier molecular flexibility index (Phi) is 2.22. The van der Waals surface area contributed by atoms with Gasteiger partial charge in [0.1, 0.15) is 5.78 Å². The van der Waals surface area contributed by atoms with Crippen molar-refractivity contribution in [2.24, 2.45) is 5.92 Å². The summed E-state index contributed by atoms with van der Waals surface area (Å²) >= 11 is 0. The first-order valence-corrected chi connectivity index (χ1v) is 3.36. The monoisotopic (exact) mass is 128 g/mol. The van der Waals surface area contributed by atoms with Crippen LogP contribution in [0.4, 0.5) is 0 Å². The molecule has 0 saturated heterocycles. The van der Waals surface area contributed by atoms with Crippen LogP contribution in [0.2, 0.25) is 0 Å². The zero-order valence-electron chi connectivity index (χ0n) is 5.72. The lowest BCUT2D eigenvalue weighted by Crippen LogP contribution is -2.12. The van der Waals surface area contributed by atoms with E-state index >= 15 is 0 Å². The highest BCUT2D eigenvalue weighted by atomic mass is 16.5. The van der Waals surface area contributed by atoms with Crippen LogP contribution in [0.15, 0.2) is 0 Å². The number of ketones is 1. The summed E-state index contributed by atoms with van der Waals surface area (Å²) in [6.07, 6.45) is 2.87. The third kappa shape index (κ3) is 1.52. The smallest absolute Gasteiger partial charge is 0.138 e. The normalized spacial score (nSPS) is 27.2. The van der Waals surface area contributed by atoms with Gasteiger partial charge < -0.3 is 4.74 Å². The van der Waals surface area contributed by atoms with Gasteiger partial charge in [-0.1, -0.05) is 0 Å². The van der Waals surface area contributed by atoms with Crippen molar-refractivity contribution in [3.63, 3.8) is 0 Å². The number of carbonyl (C=O) groups excluding carboxylic acids is 1. The predicted octanol–water partition coefficient (Wildman–Crippen LogP) is 1.00. The standard InChI is InChI=1S/C7H12O2/c1-9-5-6-3-2-4-7(6)8/h6H,2-5H2,1H3/t6-/m0/s1. The summed E-state index contributed by atoms with van der Waals surface area (Å²) in [5.74, 6) is 0.604.